The number of benzene rings is 1. The van der Waals surface area contributed by atoms with Gasteiger partial charge in [0.25, 0.3) is 5.91 Å². The van der Waals surface area contributed by atoms with Crippen LogP contribution in [0.5, 0.6) is 0 Å². The van der Waals surface area contributed by atoms with E-state index in [1.165, 1.54) is 0 Å². The molecule has 0 spiro atoms. The summed E-state index contributed by atoms with van der Waals surface area (Å²) in [6.07, 6.45) is 1.07. The maximum absolute atomic E-state index is 11.7. The van der Waals surface area contributed by atoms with Crippen molar-refractivity contribution in [1.29, 1.82) is 5.26 Å². The summed E-state index contributed by atoms with van der Waals surface area (Å²) in [5.41, 5.74) is 6.71. The van der Waals surface area contributed by atoms with Gasteiger partial charge in [-0.2, -0.15) is 5.26 Å². The zero-order chi connectivity index (χ0) is 12.0. The van der Waals surface area contributed by atoms with E-state index in [-0.39, 0.29) is 11.9 Å². The van der Waals surface area contributed by atoms with Crippen LogP contribution in [0, 0.1) is 11.3 Å². The number of amides is 1. The normalized spacial score (nSPS) is 11.5. The minimum atomic E-state index is -0.165. The van der Waals surface area contributed by atoms with Gasteiger partial charge in [-0.3, -0.25) is 4.79 Å². The molecule has 0 aliphatic carbocycles. The number of nitriles is 1. The van der Waals surface area contributed by atoms with Crippen molar-refractivity contribution in [2.75, 3.05) is 5.73 Å². The van der Waals surface area contributed by atoms with Gasteiger partial charge in [0.2, 0.25) is 0 Å². The van der Waals surface area contributed by atoms with Gasteiger partial charge in [0.15, 0.2) is 0 Å². The molecule has 1 amide bonds. The first-order chi connectivity index (χ1) is 7.67. The first kappa shape index (κ1) is 12.1. The Morgan fingerprint density at radius 3 is 2.62 bits per heavy atom. The molecule has 4 heteroatoms. The van der Waals surface area contributed by atoms with Gasteiger partial charge in [-0.25, -0.2) is 0 Å². The van der Waals surface area contributed by atoms with E-state index in [1.807, 2.05) is 13.0 Å². The number of anilines is 1. The topological polar surface area (TPSA) is 78.9 Å². The first-order valence-corrected chi connectivity index (χ1v) is 5.20. The van der Waals surface area contributed by atoms with Crippen LogP contribution in [0.2, 0.25) is 0 Å². The Labute approximate surface area is 95.1 Å². The van der Waals surface area contributed by atoms with Crippen molar-refractivity contribution >= 4 is 11.6 Å². The Balaban J connectivity index is 2.65. The second-order valence-corrected chi connectivity index (χ2v) is 3.56. The quantitative estimate of drug-likeness (QED) is 0.753. The van der Waals surface area contributed by atoms with Crippen LogP contribution in [0.25, 0.3) is 0 Å². The molecular formula is C12H15N3O. The van der Waals surface area contributed by atoms with Crippen LogP contribution < -0.4 is 11.1 Å². The molecule has 0 radical (unpaired) electrons. The molecule has 0 saturated heterocycles. The fourth-order valence-corrected chi connectivity index (χ4v) is 1.31. The van der Waals surface area contributed by atoms with E-state index in [9.17, 15) is 4.79 Å². The van der Waals surface area contributed by atoms with Crippen LogP contribution in [0.4, 0.5) is 5.69 Å². The standard InChI is InChI=1S/C12H15N3O/c1-2-11(7-8-13)15-12(16)9-3-5-10(14)6-4-9/h3-6,11H,2,7,14H2,1H3,(H,15,16). The van der Waals surface area contributed by atoms with Gasteiger partial charge < -0.3 is 11.1 Å². The molecule has 1 rings (SSSR count). The Morgan fingerprint density at radius 2 is 2.12 bits per heavy atom. The van der Waals surface area contributed by atoms with Crippen LogP contribution in [0.3, 0.4) is 0 Å². The molecule has 0 aromatic heterocycles. The van der Waals surface area contributed by atoms with Gasteiger partial charge in [0.1, 0.15) is 0 Å². The second kappa shape index (κ2) is 5.76. The molecule has 1 aromatic rings. The molecule has 1 atom stereocenters. The van der Waals surface area contributed by atoms with Crippen molar-refractivity contribution in [3.63, 3.8) is 0 Å². The van der Waals surface area contributed by atoms with Crippen LogP contribution in [-0.4, -0.2) is 11.9 Å². The highest BCUT2D eigenvalue weighted by Gasteiger charge is 2.11. The molecule has 84 valence electrons. The van der Waals surface area contributed by atoms with E-state index in [4.69, 9.17) is 11.0 Å². The van der Waals surface area contributed by atoms with Crippen LogP contribution in [0.1, 0.15) is 30.1 Å². The van der Waals surface area contributed by atoms with Crippen molar-refractivity contribution in [3.8, 4) is 6.07 Å². The molecule has 0 aliphatic rings. The zero-order valence-corrected chi connectivity index (χ0v) is 9.23. The molecule has 0 heterocycles. The Kier molecular flexibility index (Phi) is 4.34. The number of hydrogen-bond acceptors (Lipinski definition) is 3. The summed E-state index contributed by atoms with van der Waals surface area (Å²) in [7, 11) is 0. The summed E-state index contributed by atoms with van der Waals surface area (Å²) in [6, 6.07) is 8.66. The molecule has 16 heavy (non-hydrogen) atoms. The lowest BCUT2D eigenvalue weighted by Gasteiger charge is -2.13. The number of nitrogens with one attached hydrogen (secondary N) is 1. The summed E-state index contributed by atoms with van der Waals surface area (Å²) in [5.74, 6) is -0.165. The minimum Gasteiger partial charge on any atom is -0.399 e. The average Bonchev–Trinajstić information content (AvgIpc) is 2.29. The number of nitrogens with zero attached hydrogens (tertiary/aromatic N) is 1. The number of rotatable bonds is 4. The lowest BCUT2D eigenvalue weighted by Crippen LogP contribution is -2.34. The van der Waals surface area contributed by atoms with Gasteiger partial charge in [-0.1, -0.05) is 6.92 Å². The predicted octanol–water partition coefficient (Wildman–Crippen LogP) is 1.69. The first-order valence-electron chi connectivity index (χ1n) is 5.20. The summed E-state index contributed by atoms with van der Waals surface area (Å²) < 4.78 is 0. The van der Waals surface area contributed by atoms with E-state index in [0.717, 1.165) is 6.42 Å². The highest BCUT2D eigenvalue weighted by atomic mass is 16.1. The lowest BCUT2D eigenvalue weighted by atomic mass is 10.1. The fraction of sp³-hybridized carbons (Fsp3) is 0.333. The molecule has 3 N–H and O–H groups in total. The predicted molar refractivity (Wildman–Crippen MR) is 62.6 cm³/mol. The molecule has 0 fully saturated rings. The number of nitrogen functional groups attached to an aromatic ring is 1. The summed E-state index contributed by atoms with van der Waals surface area (Å²) >= 11 is 0. The maximum atomic E-state index is 11.7. The minimum absolute atomic E-state index is 0.0879. The summed E-state index contributed by atoms with van der Waals surface area (Å²) in [4.78, 5) is 11.7. The molecular weight excluding hydrogens is 202 g/mol. The van der Waals surface area contributed by atoms with Crippen molar-refractivity contribution < 1.29 is 4.79 Å². The molecule has 0 aliphatic heterocycles. The van der Waals surface area contributed by atoms with E-state index < -0.39 is 0 Å². The fourth-order valence-electron chi connectivity index (χ4n) is 1.31. The highest BCUT2D eigenvalue weighted by Crippen LogP contribution is 2.06. The van der Waals surface area contributed by atoms with Crippen molar-refractivity contribution in [2.24, 2.45) is 0 Å². The largest absolute Gasteiger partial charge is 0.399 e. The van der Waals surface area contributed by atoms with Gasteiger partial charge >= 0.3 is 0 Å². The zero-order valence-electron chi connectivity index (χ0n) is 9.23. The Hall–Kier alpha value is -2.02. The van der Waals surface area contributed by atoms with Gasteiger partial charge in [-0.05, 0) is 30.7 Å². The van der Waals surface area contributed by atoms with Gasteiger partial charge in [-0.15, -0.1) is 0 Å². The molecule has 1 unspecified atom stereocenters. The number of nitrogens with two attached hydrogens (primary N) is 1. The van der Waals surface area contributed by atoms with Crippen LogP contribution in [0.15, 0.2) is 24.3 Å². The maximum Gasteiger partial charge on any atom is 0.251 e. The third-order valence-corrected chi connectivity index (χ3v) is 2.34. The second-order valence-electron chi connectivity index (χ2n) is 3.56. The third-order valence-electron chi connectivity index (χ3n) is 2.34. The van der Waals surface area contributed by atoms with Crippen molar-refractivity contribution in [1.82, 2.24) is 5.32 Å². The average molecular weight is 217 g/mol. The number of carbonyl (C=O) groups is 1. The molecule has 1 aromatic carbocycles. The van der Waals surface area contributed by atoms with E-state index in [1.54, 1.807) is 24.3 Å². The Morgan fingerprint density at radius 1 is 1.50 bits per heavy atom. The monoisotopic (exact) mass is 217 g/mol. The van der Waals surface area contributed by atoms with Crippen molar-refractivity contribution in [2.45, 2.75) is 25.8 Å². The van der Waals surface area contributed by atoms with E-state index in [2.05, 4.69) is 5.32 Å². The summed E-state index contributed by atoms with van der Waals surface area (Å²) in [5, 5.41) is 11.4. The number of carbonyl (C=O) groups excluding carboxylic acids is 1. The van der Waals surface area contributed by atoms with Crippen molar-refractivity contribution in [3.05, 3.63) is 29.8 Å². The SMILES string of the molecule is CCC(CC#N)NC(=O)c1ccc(N)cc1. The number of hydrogen-bond donors (Lipinski definition) is 2. The summed E-state index contributed by atoms with van der Waals surface area (Å²) in [6.45, 7) is 1.94. The Bertz CT molecular complexity index is 392. The highest BCUT2D eigenvalue weighted by molar-refractivity contribution is 5.94. The van der Waals surface area contributed by atoms with Crippen LogP contribution >= 0.6 is 0 Å². The van der Waals surface area contributed by atoms with Crippen LogP contribution in [-0.2, 0) is 0 Å². The molecule has 0 bridgehead atoms. The molecule has 4 nitrogen and oxygen atoms in total. The molecule has 0 saturated carbocycles. The van der Waals surface area contributed by atoms with Gasteiger partial charge in [0.05, 0.1) is 12.5 Å². The van der Waals surface area contributed by atoms with Gasteiger partial charge in [0, 0.05) is 17.3 Å². The lowest BCUT2D eigenvalue weighted by molar-refractivity contribution is 0.0936. The van der Waals surface area contributed by atoms with E-state index >= 15 is 0 Å². The third kappa shape index (κ3) is 3.28. The van der Waals surface area contributed by atoms with E-state index in [0.29, 0.717) is 17.7 Å². The smallest absolute Gasteiger partial charge is 0.251 e.